The minimum Gasteiger partial charge on any atom is -0.460 e. The Balaban J connectivity index is 2.51. The molecule has 180 valence electrons. The van der Waals surface area contributed by atoms with Crippen molar-refractivity contribution in [2.24, 2.45) is 5.92 Å². The molecule has 0 aromatic carbocycles. The summed E-state index contributed by atoms with van der Waals surface area (Å²) in [4.78, 5) is 35.1. The first-order valence-electron chi connectivity index (χ1n) is 11.4. The van der Waals surface area contributed by atoms with Gasteiger partial charge < -0.3 is 24.3 Å². The molecule has 1 amide bonds. The van der Waals surface area contributed by atoms with Crippen LogP contribution in [0.5, 0.6) is 0 Å². The Bertz CT molecular complexity index is 587. The Morgan fingerprint density at radius 1 is 1.03 bits per heavy atom. The van der Waals surface area contributed by atoms with E-state index in [0.717, 1.165) is 32.1 Å². The second-order valence-electron chi connectivity index (χ2n) is 9.23. The predicted octanol–water partition coefficient (Wildman–Crippen LogP) is 3.50. The fraction of sp³-hybridized carbons (Fsp3) is 0.870. The summed E-state index contributed by atoms with van der Waals surface area (Å²) in [5, 5.41) is 2.84. The molecule has 0 aromatic rings. The summed E-state index contributed by atoms with van der Waals surface area (Å²) in [6.45, 7) is 12.8. The first-order valence-corrected chi connectivity index (χ1v) is 11.4. The Morgan fingerprint density at radius 3 is 2.23 bits per heavy atom. The molecule has 8 heteroatoms. The van der Waals surface area contributed by atoms with Crippen molar-refractivity contribution < 1.29 is 33.3 Å². The maximum Gasteiger partial charge on any atom is 0.306 e. The highest BCUT2D eigenvalue weighted by Gasteiger charge is 2.46. The summed E-state index contributed by atoms with van der Waals surface area (Å²) in [5.41, 5.74) is -0.451. The van der Waals surface area contributed by atoms with Gasteiger partial charge in [-0.2, -0.15) is 0 Å². The van der Waals surface area contributed by atoms with Gasteiger partial charge in [-0.05, 0) is 40.0 Å². The molecule has 0 unspecified atom stereocenters. The summed E-state index contributed by atoms with van der Waals surface area (Å²) < 4.78 is 22.9. The number of rotatable bonds is 11. The number of carbonyl (C=O) groups excluding carboxylic acids is 3. The molecule has 1 saturated heterocycles. The molecular formula is C23H41NO7. The molecule has 0 spiro atoms. The molecule has 1 heterocycles. The topological polar surface area (TPSA) is 100 Å². The van der Waals surface area contributed by atoms with E-state index in [0.29, 0.717) is 13.0 Å². The fourth-order valence-electron chi connectivity index (χ4n) is 3.76. The smallest absolute Gasteiger partial charge is 0.306 e. The molecule has 8 nitrogen and oxygen atoms in total. The molecule has 0 saturated carbocycles. The minimum atomic E-state index is -0.684. The van der Waals surface area contributed by atoms with E-state index in [1.807, 2.05) is 34.6 Å². The largest absolute Gasteiger partial charge is 0.460 e. The second kappa shape index (κ2) is 13.0. The van der Waals surface area contributed by atoms with Crippen LogP contribution in [-0.2, 0) is 33.3 Å². The number of nitrogens with one attached hydrogen (secondary N) is 1. The van der Waals surface area contributed by atoms with Gasteiger partial charge in [-0.1, -0.05) is 26.7 Å². The van der Waals surface area contributed by atoms with Gasteiger partial charge in [0.05, 0.1) is 6.10 Å². The number of amides is 1. The molecule has 31 heavy (non-hydrogen) atoms. The molecule has 1 aliphatic rings. The van der Waals surface area contributed by atoms with Crippen molar-refractivity contribution in [2.75, 3.05) is 6.61 Å². The third-order valence-electron chi connectivity index (χ3n) is 5.11. The van der Waals surface area contributed by atoms with Gasteiger partial charge in [0.25, 0.3) is 0 Å². The zero-order chi connectivity index (χ0) is 23.6. The van der Waals surface area contributed by atoms with E-state index in [9.17, 15) is 14.4 Å². The number of esters is 2. The van der Waals surface area contributed by atoms with Gasteiger partial charge in [0.2, 0.25) is 5.91 Å². The average molecular weight is 444 g/mol. The molecule has 0 aromatic heterocycles. The lowest BCUT2D eigenvalue weighted by molar-refractivity contribution is -0.253. The van der Waals surface area contributed by atoms with E-state index in [4.69, 9.17) is 18.9 Å². The standard InChI is InChI=1S/C23H41NO7/c1-8-18-15(2)21(29-17(4)26)20(24-16(3)25)22(30-18)28-14-12-10-9-11-13-19(27)31-23(5,6)7/h15,18,20-22H,8-14H2,1-7H3,(H,24,25)/t15-,18+,20+,21-,22+/m0/s1. The summed E-state index contributed by atoms with van der Waals surface area (Å²) >= 11 is 0. The normalized spacial score (nSPS) is 26.2. The predicted molar refractivity (Wildman–Crippen MR) is 116 cm³/mol. The van der Waals surface area contributed by atoms with E-state index in [2.05, 4.69) is 5.32 Å². The quantitative estimate of drug-likeness (QED) is 0.385. The van der Waals surface area contributed by atoms with Crippen LogP contribution in [-0.4, -0.2) is 54.6 Å². The van der Waals surface area contributed by atoms with E-state index in [-0.39, 0.29) is 23.9 Å². The highest BCUT2D eigenvalue weighted by Crippen LogP contribution is 2.31. The lowest BCUT2D eigenvalue weighted by Crippen LogP contribution is -2.62. The van der Waals surface area contributed by atoms with Gasteiger partial charge in [-0.15, -0.1) is 0 Å². The van der Waals surface area contributed by atoms with Gasteiger partial charge >= 0.3 is 11.9 Å². The summed E-state index contributed by atoms with van der Waals surface area (Å²) in [7, 11) is 0. The maximum absolute atomic E-state index is 11.7. The van der Waals surface area contributed by atoms with Crippen molar-refractivity contribution in [2.45, 2.75) is 117 Å². The lowest BCUT2D eigenvalue weighted by atomic mass is 9.87. The first kappa shape index (κ1) is 27.4. The monoisotopic (exact) mass is 443 g/mol. The second-order valence-corrected chi connectivity index (χ2v) is 9.23. The Hall–Kier alpha value is -1.67. The molecule has 0 bridgehead atoms. The van der Waals surface area contributed by atoms with Crippen LogP contribution in [0.1, 0.15) is 87.0 Å². The summed E-state index contributed by atoms with van der Waals surface area (Å²) in [5.74, 6) is -0.872. The minimum absolute atomic E-state index is 0.0709. The first-order chi connectivity index (χ1) is 14.4. The average Bonchev–Trinajstić information content (AvgIpc) is 2.63. The van der Waals surface area contributed by atoms with Crippen LogP contribution in [0.3, 0.4) is 0 Å². The fourth-order valence-corrected chi connectivity index (χ4v) is 3.76. The van der Waals surface area contributed by atoms with E-state index in [1.54, 1.807) is 0 Å². The van der Waals surface area contributed by atoms with Crippen molar-refractivity contribution in [3.05, 3.63) is 0 Å². The number of hydrogen-bond donors (Lipinski definition) is 1. The number of hydrogen-bond acceptors (Lipinski definition) is 7. The van der Waals surface area contributed by atoms with Gasteiger partial charge in [-0.25, -0.2) is 0 Å². The molecule has 1 N–H and O–H groups in total. The van der Waals surface area contributed by atoms with Crippen molar-refractivity contribution in [1.29, 1.82) is 0 Å². The van der Waals surface area contributed by atoms with Crippen molar-refractivity contribution >= 4 is 17.8 Å². The van der Waals surface area contributed by atoms with E-state index >= 15 is 0 Å². The molecule has 0 radical (unpaired) electrons. The SMILES string of the molecule is CC[C@H]1O[C@@H](OCCCCCCC(=O)OC(C)(C)C)[C@H](NC(C)=O)[C@@H](OC(C)=O)[C@H]1C. The molecule has 1 fully saturated rings. The van der Waals surface area contributed by atoms with E-state index < -0.39 is 30.0 Å². The molecule has 1 aliphatic heterocycles. The highest BCUT2D eigenvalue weighted by atomic mass is 16.7. The highest BCUT2D eigenvalue weighted by molar-refractivity contribution is 5.73. The van der Waals surface area contributed by atoms with Crippen molar-refractivity contribution in [3.8, 4) is 0 Å². The number of unbranched alkanes of at least 4 members (excludes halogenated alkanes) is 3. The van der Waals surface area contributed by atoms with Gasteiger partial charge in [0.15, 0.2) is 6.29 Å². The lowest BCUT2D eigenvalue weighted by Gasteiger charge is -2.44. The zero-order valence-corrected chi connectivity index (χ0v) is 20.2. The Labute approximate surface area is 186 Å². The molecule has 5 atom stereocenters. The molecule has 0 aliphatic carbocycles. The van der Waals surface area contributed by atoms with Crippen LogP contribution >= 0.6 is 0 Å². The third kappa shape index (κ3) is 10.5. The van der Waals surface area contributed by atoms with Crippen LogP contribution < -0.4 is 5.32 Å². The van der Waals surface area contributed by atoms with E-state index in [1.165, 1.54) is 13.8 Å². The maximum atomic E-state index is 11.7. The molecular weight excluding hydrogens is 402 g/mol. The van der Waals surface area contributed by atoms with Crippen molar-refractivity contribution in [1.82, 2.24) is 5.32 Å². The van der Waals surface area contributed by atoms with Gasteiger partial charge in [-0.3, -0.25) is 14.4 Å². The van der Waals surface area contributed by atoms with Crippen LogP contribution in [0.15, 0.2) is 0 Å². The third-order valence-corrected chi connectivity index (χ3v) is 5.11. The Kier molecular flexibility index (Phi) is 11.5. The number of carbonyl (C=O) groups is 3. The van der Waals surface area contributed by atoms with Gasteiger partial charge in [0.1, 0.15) is 17.7 Å². The van der Waals surface area contributed by atoms with Crippen LogP contribution in [0.2, 0.25) is 0 Å². The van der Waals surface area contributed by atoms with Gasteiger partial charge in [0, 0.05) is 32.8 Å². The summed E-state index contributed by atoms with van der Waals surface area (Å²) in [6, 6.07) is -0.564. The van der Waals surface area contributed by atoms with Crippen molar-refractivity contribution in [3.63, 3.8) is 0 Å². The molecule has 1 rings (SSSR count). The van der Waals surface area contributed by atoms with Crippen LogP contribution in [0, 0.1) is 5.92 Å². The van der Waals surface area contributed by atoms with Crippen LogP contribution in [0.4, 0.5) is 0 Å². The number of ether oxygens (including phenoxy) is 4. The zero-order valence-electron chi connectivity index (χ0n) is 20.2. The Morgan fingerprint density at radius 2 is 1.68 bits per heavy atom. The van der Waals surface area contributed by atoms with Crippen LogP contribution in [0.25, 0.3) is 0 Å². The summed E-state index contributed by atoms with van der Waals surface area (Å²) in [6.07, 6.45) is 3.20.